The van der Waals surface area contributed by atoms with E-state index in [1.165, 1.54) is 4.90 Å². The van der Waals surface area contributed by atoms with Crippen molar-refractivity contribution in [1.29, 1.82) is 0 Å². The highest BCUT2D eigenvalue weighted by Crippen LogP contribution is 2.26. The number of imide groups is 1. The maximum Gasteiger partial charge on any atom is 0.324 e. The van der Waals surface area contributed by atoms with E-state index < -0.39 is 18.1 Å². The second-order valence-corrected chi connectivity index (χ2v) is 5.19. The fourth-order valence-corrected chi connectivity index (χ4v) is 2.43. The van der Waals surface area contributed by atoms with E-state index in [4.69, 9.17) is 4.74 Å². The lowest BCUT2D eigenvalue weighted by Crippen LogP contribution is -2.55. The van der Waals surface area contributed by atoms with Gasteiger partial charge in [-0.25, -0.2) is 9.18 Å². The van der Waals surface area contributed by atoms with Crippen molar-refractivity contribution in [2.75, 3.05) is 13.2 Å². The Labute approximate surface area is 124 Å². The van der Waals surface area contributed by atoms with Gasteiger partial charge in [-0.2, -0.15) is 0 Å². The van der Waals surface area contributed by atoms with Gasteiger partial charge >= 0.3 is 6.03 Å². The average Bonchev–Trinajstić information content (AvgIpc) is 2.39. The first-order valence-corrected chi connectivity index (χ1v) is 6.95. The third-order valence-corrected chi connectivity index (χ3v) is 3.47. The van der Waals surface area contributed by atoms with E-state index in [-0.39, 0.29) is 13.1 Å². The van der Waals surface area contributed by atoms with E-state index >= 15 is 0 Å². The van der Waals surface area contributed by atoms with Crippen molar-refractivity contribution in [2.45, 2.75) is 19.6 Å². The number of hydrogen-bond donors (Lipinski definition) is 1. The summed E-state index contributed by atoms with van der Waals surface area (Å²) in [5, 5.41) is 1.98. The molecule has 0 bridgehead atoms. The number of amides is 3. The van der Waals surface area contributed by atoms with E-state index in [0.717, 1.165) is 10.0 Å². The number of carbonyl (C=O) groups excluding carboxylic acids is 2. The molecular formula is C13H14BrFN2O3. The summed E-state index contributed by atoms with van der Waals surface area (Å²) < 4.78 is 19.5. The zero-order valence-electron chi connectivity index (χ0n) is 10.9. The third kappa shape index (κ3) is 3.27. The van der Waals surface area contributed by atoms with Crippen LogP contribution in [0.4, 0.5) is 9.18 Å². The molecule has 20 heavy (non-hydrogen) atoms. The SMILES string of the molecule is CCOc1ccc(CN2CC(F)C(=O)NC2=O)cc1Br. The highest BCUT2D eigenvalue weighted by molar-refractivity contribution is 9.10. The zero-order valence-corrected chi connectivity index (χ0v) is 12.4. The smallest absolute Gasteiger partial charge is 0.324 e. The van der Waals surface area contributed by atoms with Gasteiger partial charge < -0.3 is 9.64 Å². The molecule has 108 valence electrons. The van der Waals surface area contributed by atoms with Crippen molar-refractivity contribution >= 4 is 27.9 Å². The molecule has 0 spiro atoms. The summed E-state index contributed by atoms with van der Waals surface area (Å²) in [7, 11) is 0. The number of nitrogens with one attached hydrogen (secondary N) is 1. The van der Waals surface area contributed by atoms with Gasteiger partial charge in [0.1, 0.15) is 5.75 Å². The molecule has 1 aliphatic rings. The minimum Gasteiger partial charge on any atom is -0.493 e. The van der Waals surface area contributed by atoms with Crippen LogP contribution >= 0.6 is 15.9 Å². The molecule has 1 N–H and O–H groups in total. The summed E-state index contributed by atoms with van der Waals surface area (Å²) in [6, 6.07) is 4.81. The lowest BCUT2D eigenvalue weighted by Gasteiger charge is -2.28. The Morgan fingerprint density at radius 2 is 2.25 bits per heavy atom. The maximum absolute atomic E-state index is 13.3. The van der Waals surface area contributed by atoms with Crippen LogP contribution in [0.5, 0.6) is 5.75 Å². The van der Waals surface area contributed by atoms with Crippen LogP contribution in [-0.4, -0.2) is 36.2 Å². The predicted octanol–water partition coefficient (Wildman–Crippen LogP) is 2.24. The van der Waals surface area contributed by atoms with Gasteiger partial charge in [-0.05, 0) is 40.5 Å². The monoisotopic (exact) mass is 344 g/mol. The number of halogens is 2. The molecule has 1 aliphatic heterocycles. The Bertz CT molecular complexity index is 538. The number of ether oxygens (including phenoxy) is 1. The predicted molar refractivity (Wildman–Crippen MR) is 74.2 cm³/mol. The molecule has 2 rings (SSSR count). The second kappa shape index (κ2) is 6.21. The molecule has 1 saturated heterocycles. The largest absolute Gasteiger partial charge is 0.493 e. The molecule has 0 aliphatic carbocycles. The highest BCUT2D eigenvalue weighted by atomic mass is 79.9. The molecule has 1 aromatic rings. The average molecular weight is 345 g/mol. The first kappa shape index (κ1) is 14.8. The first-order chi connectivity index (χ1) is 9.51. The molecule has 7 heteroatoms. The molecule has 1 aromatic carbocycles. The van der Waals surface area contributed by atoms with Crippen LogP contribution < -0.4 is 10.1 Å². The van der Waals surface area contributed by atoms with Crippen molar-refractivity contribution in [3.63, 3.8) is 0 Å². The third-order valence-electron chi connectivity index (χ3n) is 2.85. The van der Waals surface area contributed by atoms with Crippen LogP contribution in [-0.2, 0) is 11.3 Å². The van der Waals surface area contributed by atoms with E-state index in [1.807, 2.05) is 18.3 Å². The molecule has 0 saturated carbocycles. The molecule has 1 atom stereocenters. The Morgan fingerprint density at radius 1 is 1.50 bits per heavy atom. The summed E-state index contributed by atoms with van der Waals surface area (Å²) in [6.45, 7) is 2.44. The Hall–Kier alpha value is -1.63. The molecule has 0 radical (unpaired) electrons. The molecular weight excluding hydrogens is 331 g/mol. The molecule has 5 nitrogen and oxygen atoms in total. The minimum absolute atomic E-state index is 0.227. The van der Waals surface area contributed by atoms with Gasteiger partial charge in [0.15, 0.2) is 6.17 Å². The number of benzene rings is 1. The fraction of sp³-hybridized carbons (Fsp3) is 0.385. The number of nitrogens with zero attached hydrogens (tertiary/aromatic N) is 1. The fourth-order valence-electron chi connectivity index (χ4n) is 1.89. The van der Waals surface area contributed by atoms with Crippen molar-refractivity contribution in [2.24, 2.45) is 0 Å². The molecule has 1 fully saturated rings. The topological polar surface area (TPSA) is 58.6 Å². The van der Waals surface area contributed by atoms with Crippen LogP contribution in [0, 0.1) is 0 Å². The van der Waals surface area contributed by atoms with Gasteiger partial charge in [-0.3, -0.25) is 10.1 Å². The van der Waals surface area contributed by atoms with Crippen molar-refractivity contribution in [1.82, 2.24) is 10.2 Å². The summed E-state index contributed by atoms with van der Waals surface area (Å²) in [4.78, 5) is 23.9. The van der Waals surface area contributed by atoms with Crippen molar-refractivity contribution in [3.8, 4) is 5.75 Å². The number of rotatable bonds is 4. The Morgan fingerprint density at radius 3 is 2.90 bits per heavy atom. The van der Waals surface area contributed by atoms with Crippen LogP contribution in [0.3, 0.4) is 0 Å². The summed E-state index contributed by atoms with van der Waals surface area (Å²) in [5.41, 5.74) is 0.817. The van der Waals surface area contributed by atoms with Gasteiger partial charge in [-0.1, -0.05) is 6.07 Å². The van der Waals surface area contributed by atoms with Gasteiger partial charge in [0, 0.05) is 6.54 Å². The van der Waals surface area contributed by atoms with E-state index in [0.29, 0.717) is 12.4 Å². The summed E-state index contributed by atoms with van der Waals surface area (Å²) in [6.07, 6.45) is -1.68. The number of urea groups is 1. The minimum atomic E-state index is -1.68. The van der Waals surface area contributed by atoms with Crippen LogP contribution in [0.2, 0.25) is 0 Å². The molecule has 3 amide bonds. The lowest BCUT2D eigenvalue weighted by molar-refractivity contribution is -0.127. The molecule has 1 unspecified atom stereocenters. The number of carbonyl (C=O) groups is 2. The summed E-state index contributed by atoms with van der Waals surface area (Å²) in [5.74, 6) is -0.169. The number of hydrogen-bond acceptors (Lipinski definition) is 3. The van der Waals surface area contributed by atoms with E-state index in [9.17, 15) is 14.0 Å². The number of alkyl halides is 1. The van der Waals surface area contributed by atoms with E-state index in [2.05, 4.69) is 15.9 Å². The van der Waals surface area contributed by atoms with Gasteiger partial charge in [0.25, 0.3) is 5.91 Å². The normalized spacial score (nSPS) is 18.9. The van der Waals surface area contributed by atoms with Gasteiger partial charge in [-0.15, -0.1) is 0 Å². The van der Waals surface area contributed by atoms with Gasteiger partial charge in [0.05, 0.1) is 17.6 Å². The molecule has 0 aromatic heterocycles. The zero-order chi connectivity index (χ0) is 14.7. The highest BCUT2D eigenvalue weighted by Gasteiger charge is 2.31. The standard InChI is InChI=1S/C13H14BrFN2O3/c1-2-20-11-4-3-8(5-9(11)14)6-17-7-10(15)12(18)16-13(17)19/h3-5,10H,2,6-7H2,1H3,(H,16,18,19). The molecule has 1 heterocycles. The maximum atomic E-state index is 13.3. The Balaban J connectivity index is 2.08. The lowest BCUT2D eigenvalue weighted by atomic mass is 10.2. The Kier molecular flexibility index (Phi) is 4.59. The van der Waals surface area contributed by atoms with E-state index in [1.54, 1.807) is 12.1 Å². The van der Waals surface area contributed by atoms with Gasteiger partial charge in [0.2, 0.25) is 0 Å². The van der Waals surface area contributed by atoms with Crippen LogP contribution in [0.1, 0.15) is 12.5 Å². The van der Waals surface area contributed by atoms with Crippen molar-refractivity contribution in [3.05, 3.63) is 28.2 Å². The van der Waals surface area contributed by atoms with Crippen LogP contribution in [0.15, 0.2) is 22.7 Å². The first-order valence-electron chi connectivity index (χ1n) is 6.16. The second-order valence-electron chi connectivity index (χ2n) is 4.34. The van der Waals surface area contributed by atoms with Crippen molar-refractivity contribution < 1.29 is 18.7 Å². The quantitative estimate of drug-likeness (QED) is 0.911. The summed E-state index contributed by atoms with van der Waals surface area (Å²) >= 11 is 3.38. The van der Waals surface area contributed by atoms with Crippen LogP contribution in [0.25, 0.3) is 0 Å².